The molecule has 0 fully saturated rings. The van der Waals surface area contributed by atoms with E-state index in [2.05, 4.69) is 24.0 Å². The highest BCUT2D eigenvalue weighted by Gasteiger charge is 2.27. The van der Waals surface area contributed by atoms with E-state index < -0.39 is 0 Å². The first-order valence-corrected chi connectivity index (χ1v) is 5.16. The predicted octanol–water partition coefficient (Wildman–Crippen LogP) is 2.03. The zero-order valence-corrected chi connectivity index (χ0v) is 8.44. The number of nitrogens with zero attached hydrogens (tertiary/aromatic N) is 1. The van der Waals surface area contributed by atoms with Crippen molar-refractivity contribution in [2.24, 2.45) is 0 Å². The fourth-order valence-electron chi connectivity index (χ4n) is 2.13. The van der Waals surface area contributed by atoms with E-state index in [1.165, 1.54) is 11.3 Å². The SMILES string of the molecule is CCCN1c2ccccc2C[C@H]1C=O. The fraction of sp³-hybridized carbons (Fsp3) is 0.417. The lowest BCUT2D eigenvalue weighted by Crippen LogP contribution is -2.33. The molecule has 0 saturated carbocycles. The molecule has 0 aromatic heterocycles. The van der Waals surface area contributed by atoms with Gasteiger partial charge in [-0.1, -0.05) is 25.1 Å². The van der Waals surface area contributed by atoms with Crippen LogP contribution in [0.5, 0.6) is 0 Å². The molecule has 1 aliphatic heterocycles. The van der Waals surface area contributed by atoms with Gasteiger partial charge in [-0.15, -0.1) is 0 Å². The Balaban J connectivity index is 2.31. The topological polar surface area (TPSA) is 20.3 Å². The van der Waals surface area contributed by atoms with Crippen LogP contribution in [0.4, 0.5) is 5.69 Å². The van der Waals surface area contributed by atoms with Gasteiger partial charge in [0.2, 0.25) is 0 Å². The Morgan fingerprint density at radius 1 is 1.50 bits per heavy atom. The maximum absolute atomic E-state index is 10.9. The minimum absolute atomic E-state index is 0.0624. The van der Waals surface area contributed by atoms with E-state index in [4.69, 9.17) is 0 Å². The number of para-hydroxylation sites is 1. The summed E-state index contributed by atoms with van der Waals surface area (Å²) in [6, 6.07) is 8.35. The molecule has 1 heterocycles. The van der Waals surface area contributed by atoms with Gasteiger partial charge in [0.1, 0.15) is 6.29 Å². The summed E-state index contributed by atoms with van der Waals surface area (Å²) in [6.45, 7) is 3.11. The predicted molar refractivity (Wildman–Crippen MR) is 57.6 cm³/mol. The van der Waals surface area contributed by atoms with Gasteiger partial charge in [-0.25, -0.2) is 0 Å². The highest BCUT2D eigenvalue weighted by molar-refractivity contribution is 5.73. The lowest BCUT2D eigenvalue weighted by atomic mass is 10.1. The second-order valence-corrected chi connectivity index (χ2v) is 3.73. The smallest absolute Gasteiger partial charge is 0.142 e. The number of hydrogen-bond acceptors (Lipinski definition) is 2. The van der Waals surface area contributed by atoms with Crippen LogP contribution in [0.2, 0.25) is 0 Å². The van der Waals surface area contributed by atoms with Crippen LogP contribution in [0, 0.1) is 0 Å². The summed E-state index contributed by atoms with van der Waals surface area (Å²) in [5, 5.41) is 0. The van der Waals surface area contributed by atoms with Crippen molar-refractivity contribution in [3.8, 4) is 0 Å². The molecule has 0 amide bonds. The van der Waals surface area contributed by atoms with E-state index in [1.807, 2.05) is 12.1 Å². The van der Waals surface area contributed by atoms with Crippen molar-refractivity contribution in [1.29, 1.82) is 0 Å². The summed E-state index contributed by atoms with van der Waals surface area (Å²) >= 11 is 0. The molecule has 2 nitrogen and oxygen atoms in total. The van der Waals surface area contributed by atoms with Crippen molar-refractivity contribution >= 4 is 12.0 Å². The number of aldehydes is 1. The lowest BCUT2D eigenvalue weighted by Gasteiger charge is -2.22. The van der Waals surface area contributed by atoms with Gasteiger partial charge in [-0.05, 0) is 18.1 Å². The summed E-state index contributed by atoms with van der Waals surface area (Å²) in [6.07, 6.45) is 3.02. The Hall–Kier alpha value is -1.31. The first-order chi connectivity index (χ1) is 6.86. The lowest BCUT2D eigenvalue weighted by molar-refractivity contribution is -0.108. The molecule has 0 bridgehead atoms. The standard InChI is InChI=1S/C12H15NO/c1-2-7-13-11(9-14)8-10-5-3-4-6-12(10)13/h3-6,9,11H,2,7-8H2,1H3/t11-/m0/s1. The van der Waals surface area contributed by atoms with Crippen LogP contribution in [-0.4, -0.2) is 18.9 Å². The second kappa shape index (κ2) is 3.82. The largest absolute Gasteiger partial charge is 0.361 e. The molecule has 1 aromatic carbocycles. The van der Waals surface area contributed by atoms with Crippen molar-refractivity contribution in [3.05, 3.63) is 29.8 Å². The number of benzene rings is 1. The Labute approximate surface area is 84.5 Å². The second-order valence-electron chi connectivity index (χ2n) is 3.73. The molecule has 74 valence electrons. The molecule has 2 rings (SSSR count). The van der Waals surface area contributed by atoms with E-state index >= 15 is 0 Å². The van der Waals surface area contributed by atoms with Crippen LogP contribution in [0.1, 0.15) is 18.9 Å². The number of fused-ring (bicyclic) bond motifs is 1. The molecule has 14 heavy (non-hydrogen) atoms. The van der Waals surface area contributed by atoms with E-state index in [1.54, 1.807) is 0 Å². The minimum atomic E-state index is 0.0624. The fourth-order valence-corrected chi connectivity index (χ4v) is 2.13. The average Bonchev–Trinajstić information content (AvgIpc) is 2.58. The molecule has 0 saturated heterocycles. The average molecular weight is 189 g/mol. The van der Waals surface area contributed by atoms with Crippen LogP contribution in [0.15, 0.2) is 24.3 Å². The Morgan fingerprint density at radius 2 is 2.29 bits per heavy atom. The quantitative estimate of drug-likeness (QED) is 0.678. The van der Waals surface area contributed by atoms with E-state index in [-0.39, 0.29) is 6.04 Å². The summed E-state index contributed by atoms with van der Waals surface area (Å²) in [5.41, 5.74) is 2.55. The first kappa shape index (κ1) is 9.25. The Kier molecular flexibility index (Phi) is 2.53. The molecule has 1 aromatic rings. The third-order valence-electron chi connectivity index (χ3n) is 2.75. The zero-order valence-electron chi connectivity index (χ0n) is 8.44. The van der Waals surface area contributed by atoms with Gasteiger partial charge in [-0.3, -0.25) is 0 Å². The molecule has 0 spiro atoms. The zero-order chi connectivity index (χ0) is 9.97. The molecule has 0 N–H and O–H groups in total. The highest BCUT2D eigenvalue weighted by atomic mass is 16.1. The van der Waals surface area contributed by atoms with Crippen molar-refractivity contribution in [2.75, 3.05) is 11.4 Å². The monoisotopic (exact) mass is 189 g/mol. The van der Waals surface area contributed by atoms with Gasteiger partial charge in [0.15, 0.2) is 0 Å². The van der Waals surface area contributed by atoms with Crippen LogP contribution < -0.4 is 4.90 Å². The van der Waals surface area contributed by atoms with E-state index in [0.717, 1.165) is 25.7 Å². The molecule has 0 radical (unpaired) electrons. The molecule has 2 heteroatoms. The molecule has 0 aliphatic carbocycles. The number of rotatable bonds is 3. The molecule has 0 unspecified atom stereocenters. The molecular weight excluding hydrogens is 174 g/mol. The number of anilines is 1. The molecule has 1 aliphatic rings. The first-order valence-electron chi connectivity index (χ1n) is 5.16. The number of carbonyl (C=O) groups is 1. The Morgan fingerprint density at radius 3 is 3.00 bits per heavy atom. The van der Waals surface area contributed by atoms with Gasteiger partial charge in [0, 0.05) is 18.7 Å². The van der Waals surface area contributed by atoms with Crippen molar-refractivity contribution in [3.63, 3.8) is 0 Å². The van der Waals surface area contributed by atoms with Crippen molar-refractivity contribution in [2.45, 2.75) is 25.8 Å². The number of hydrogen-bond donors (Lipinski definition) is 0. The summed E-state index contributed by atoms with van der Waals surface area (Å²) in [5.74, 6) is 0. The van der Waals surface area contributed by atoms with Crippen LogP contribution >= 0.6 is 0 Å². The van der Waals surface area contributed by atoms with Crippen LogP contribution in [-0.2, 0) is 11.2 Å². The third kappa shape index (κ3) is 1.41. The molecule has 1 atom stereocenters. The van der Waals surface area contributed by atoms with Crippen molar-refractivity contribution in [1.82, 2.24) is 0 Å². The number of carbonyl (C=O) groups excluding carboxylic acids is 1. The minimum Gasteiger partial charge on any atom is -0.361 e. The van der Waals surface area contributed by atoms with Gasteiger partial charge in [-0.2, -0.15) is 0 Å². The third-order valence-corrected chi connectivity index (χ3v) is 2.75. The Bertz CT molecular complexity index is 335. The van der Waals surface area contributed by atoms with Crippen LogP contribution in [0.3, 0.4) is 0 Å². The highest BCUT2D eigenvalue weighted by Crippen LogP contribution is 2.30. The maximum atomic E-state index is 10.9. The van der Waals surface area contributed by atoms with Crippen molar-refractivity contribution < 1.29 is 4.79 Å². The van der Waals surface area contributed by atoms with Gasteiger partial charge < -0.3 is 9.69 Å². The van der Waals surface area contributed by atoms with Gasteiger partial charge >= 0.3 is 0 Å². The van der Waals surface area contributed by atoms with Gasteiger partial charge in [0.05, 0.1) is 6.04 Å². The van der Waals surface area contributed by atoms with E-state index in [0.29, 0.717) is 0 Å². The van der Waals surface area contributed by atoms with Gasteiger partial charge in [0.25, 0.3) is 0 Å². The summed E-state index contributed by atoms with van der Waals surface area (Å²) in [4.78, 5) is 13.1. The maximum Gasteiger partial charge on any atom is 0.142 e. The summed E-state index contributed by atoms with van der Waals surface area (Å²) < 4.78 is 0. The molecular formula is C12H15NO. The van der Waals surface area contributed by atoms with E-state index in [9.17, 15) is 4.79 Å². The summed E-state index contributed by atoms with van der Waals surface area (Å²) in [7, 11) is 0. The van der Waals surface area contributed by atoms with Crippen LogP contribution in [0.25, 0.3) is 0 Å². The normalized spacial score (nSPS) is 19.5.